The first-order valence-electron chi connectivity index (χ1n) is 5.79. The molecule has 1 aliphatic heterocycles. The van der Waals surface area contributed by atoms with E-state index >= 15 is 0 Å². The third-order valence-electron chi connectivity index (χ3n) is 3.06. The van der Waals surface area contributed by atoms with Crippen molar-refractivity contribution in [2.24, 2.45) is 0 Å². The molecule has 0 aliphatic carbocycles. The van der Waals surface area contributed by atoms with Gasteiger partial charge in [0.2, 0.25) is 0 Å². The number of nitrogens with zero attached hydrogens (tertiary/aromatic N) is 2. The molecule has 4 nitrogen and oxygen atoms in total. The number of aromatic nitrogens is 2. The van der Waals surface area contributed by atoms with Crippen LogP contribution in [-0.2, 0) is 13.2 Å². The van der Waals surface area contributed by atoms with Crippen LogP contribution in [0.1, 0.15) is 30.1 Å². The Bertz CT molecular complexity index is 334. The third-order valence-corrected chi connectivity index (χ3v) is 3.06. The van der Waals surface area contributed by atoms with Crippen molar-refractivity contribution in [3.05, 3.63) is 17.5 Å². The summed E-state index contributed by atoms with van der Waals surface area (Å²) in [6.07, 6.45) is 2.26. The number of hydrogen-bond acceptors (Lipinski definition) is 3. The summed E-state index contributed by atoms with van der Waals surface area (Å²) < 4.78 is 13.9. The number of hydrogen-bond donors (Lipinski definition) is 2. The lowest BCUT2D eigenvalue weighted by atomic mass is 9.96. The summed E-state index contributed by atoms with van der Waals surface area (Å²) in [6, 6.07) is 1.90. The molecule has 1 saturated heterocycles. The molecule has 0 aromatic carbocycles. The number of alkyl halides is 1. The van der Waals surface area contributed by atoms with E-state index in [-0.39, 0.29) is 13.2 Å². The number of aliphatic hydroxyl groups is 1. The first-order valence-corrected chi connectivity index (χ1v) is 5.79. The SMILES string of the molecule is OCc1cc([C@H]2CCCNC2)nn1CCF. The molecular formula is C11H18FN3O. The summed E-state index contributed by atoms with van der Waals surface area (Å²) in [5.74, 6) is 0.403. The van der Waals surface area contributed by atoms with Gasteiger partial charge in [0, 0.05) is 12.5 Å². The molecule has 0 saturated carbocycles. The number of piperidine rings is 1. The van der Waals surface area contributed by atoms with Gasteiger partial charge in [-0.3, -0.25) is 4.68 Å². The smallest absolute Gasteiger partial charge is 0.109 e. The Morgan fingerprint density at radius 1 is 1.62 bits per heavy atom. The van der Waals surface area contributed by atoms with Crippen molar-refractivity contribution in [2.75, 3.05) is 19.8 Å². The topological polar surface area (TPSA) is 50.1 Å². The lowest BCUT2D eigenvalue weighted by Crippen LogP contribution is -2.28. The van der Waals surface area contributed by atoms with Gasteiger partial charge in [0.1, 0.15) is 6.67 Å². The lowest BCUT2D eigenvalue weighted by Gasteiger charge is -2.20. The van der Waals surface area contributed by atoms with Crippen molar-refractivity contribution in [2.45, 2.75) is 31.9 Å². The molecule has 2 rings (SSSR count). The van der Waals surface area contributed by atoms with Gasteiger partial charge < -0.3 is 10.4 Å². The molecule has 0 radical (unpaired) electrons. The standard InChI is InChI=1S/C11H18FN3O/c12-3-5-15-10(8-16)6-11(14-15)9-2-1-4-13-7-9/h6,9,13,16H,1-5,7-8H2/t9-/m0/s1. The maximum atomic E-state index is 12.3. The Labute approximate surface area is 94.5 Å². The van der Waals surface area contributed by atoms with Crippen LogP contribution in [0.5, 0.6) is 0 Å². The summed E-state index contributed by atoms with van der Waals surface area (Å²) >= 11 is 0. The molecule has 1 atom stereocenters. The van der Waals surface area contributed by atoms with Crippen LogP contribution in [0.15, 0.2) is 6.07 Å². The highest BCUT2D eigenvalue weighted by molar-refractivity contribution is 5.15. The third kappa shape index (κ3) is 2.41. The first-order chi connectivity index (χ1) is 7.85. The van der Waals surface area contributed by atoms with Crippen molar-refractivity contribution in [1.82, 2.24) is 15.1 Å². The first kappa shape index (κ1) is 11.5. The molecule has 2 heterocycles. The van der Waals surface area contributed by atoms with Gasteiger partial charge in [-0.25, -0.2) is 4.39 Å². The van der Waals surface area contributed by atoms with E-state index in [9.17, 15) is 4.39 Å². The summed E-state index contributed by atoms with van der Waals surface area (Å²) in [7, 11) is 0. The average Bonchev–Trinajstić information content (AvgIpc) is 2.74. The predicted octanol–water partition coefficient (Wildman–Crippen LogP) is 0.812. The monoisotopic (exact) mass is 227 g/mol. The van der Waals surface area contributed by atoms with Crippen molar-refractivity contribution in [1.29, 1.82) is 0 Å². The summed E-state index contributed by atoms with van der Waals surface area (Å²) in [6.45, 7) is 1.70. The van der Waals surface area contributed by atoms with E-state index in [4.69, 9.17) is 5.11 Å². The van der Waals surface area contributed by atoms with E-state index in [1.165, 1.54) is 0 Å². The molecule has 0 bridgehead atoms. The zero-order valence-corrected chi connectivity index (χ0v) is 9.32. The number of rotatable bonds is 4. The van der Waals surface area contributed by atoms with E-state index in [1.54, 1.807) is 4.68 Å². The Morgan fingerprint density at radius 2 is 2.50 bits per heavy atom. The summed E-state index contributed by atoms with van der Waals surface area (Å²) in [5, 5.41) is 16.9. The summed E-state index contributed by atoms with van der Waals surface area (Å²) in [5.41, 5.74) is 1.68. The molecule has 0 amide bonds. The second-order valence-corrected chi connectivity index (χ2v) is 4.17. The summed E-state index contributed by atoms with van der Waals surface area (Å²) in [4.78, 5) is 0. The fraction of sp³-hybridized carbons (Fsp3) is 0.727. The van der Waals surface area contributed by atoms with E-state index in [0.29, 0.717) is 11.6 Å². The van der Waals surface area contributed by atoms with Crippen molar-refractivity contribution in [3.8, 4) is 0 Å². The fourth-order valence-electron chi connectivity index (χ4n) is 2.18. The van der Waals surface area contributed by atoms with E-state index in [2.05, 4.69) is 10.4 Å². The van der Waals surface area contributed by atoms with Crippen LogP contribution in [0.4, 0.5) is 4.39 Å². The minimum Gasteiger partial charge on any atom is -0.390 e. The number of aryl methyl sites for hydroxylation is 1. The lowest BCUT2D eigenvalue weighted by molar-refractivity contribution is 0.265. The van der Waals surface area contributed by atoms with Crippen LogP contribution < -0.4 is 5.32 Å². The van der Waals surface area contributed by atoms with Gasteiger partial charge in [0.15, 0.2) is 0 Å². The highest BCUT2D eigenvalue weighted by Crippen LogP contribution is 2.22. The van der Waals surface area contributed by atoms with Gasteiger partial charge in [-0.1, -0.05) is 0 Å². The van der Waals surface area contributed by atoms with Crippen molar-refractivity contribution < 1.29 is 9.50 Å². The molecule has 1 aromatic heterocycles. The van der Waals surface area contributed by atoms with Gasteiger partial charge >= 0.3 is 0 Å². The van der Waals surface area contributed by atoms with E-state index in [0.717, 1.165) is 31.6 Å². The van der Waals surface area contributed by atoms with Gasteiger partial charge in [-0.2, -0.15) is 5.10 Å². The Kier molecular flexibility index (Phi) is 3.90. The Balaban J connectivity index is 2.14. The minimum absolute atomic E-state index is 0.0762. The Morgan fingerprint density at radius 3 is 3.12 bits per heavy atom. The zero-order chi connectivity index (χ0) is 11.4. The number of halogens is 1. The van der Waals surface area contributed by atoms with Crippen LogP contribution >= 0.6 is 0 Å². The Hall–Kier alpha value is -0.940. The van der Waals surface area contributed by atoms with Gasteiger partial charge in [-0.05, 0) is 25.5 Å². The second kappa shape index (κ2) is 5.41. The number of aliphatic hydroxyl groups excluding tert-OH is 1. The fourth-order valence-corrected chi connectivity index (χ4v) is 2.18. The molecular weight excluding hydrogens is 209 g/mol. The zero-order valence-electron chi connectivity index (χ0n) is 9.32. The van der Waals surface area contributed by atoms with Gasteiger partial charge in [0.25, 0.3) is 0 Å². The molecule has 0 unspecified atom stereocenters. The van der Waals surface area contributed by atoms with Crippen LogP contribution in [0, 0.1) is 0 Å². The molecule has 1 aliphatic rings. The number of nitrogens with one attached hydrogen (secondary N) is 1. The van der Waals surface area contributed by atoms with Gasteiger partial charge in [-0.15, -0.1) is 0 Å². The highest BCUT2D eigenvalue weighted by atomic mass is 19.1. The van der Waals surface area contributed by atoms with Crippen LogP contribution in [0.25, 0.3) is 0 Å². The molecule has 90 valence electrons. The normalized spacial score (nSPS) is 21.2. The molecule has 1 fully saturated rings. The maximum absolute atomic E-state index is 12.3. The van der Waals surface area contributed by atoms with E-state index < -0.39 is 6.67 Å². The van der Waals surface area contributed by atoms with Gasteiger partial charge in [0.05, 0.1) is 24.5 Å². The van der Waals surface area contributed by atoms with Crippen LogP contribution in [-0.4, -0.2) is 34.7 Å². The largest absolute Gasteiger partial charge is 0.390 e. The molecule has 0 spiro atoms. The molecule has 5 heteroatoms. The quantitative estimate of drug-likeness (QED) is 0.800. The molecule has 16 heavy (non-hydrogen) atoms. The highest BCUT2D eigenvalue weighted by Gasteiger charge is 2.19. The predicted molar refractivity (Wildman–Crippen MR) is 59.0 cm³/mol. The van der Waals surface area contributed by atoms with E-state index in [1.807, 2.05) is 6.07 Å². The van der Waals surface area contributed by atoms with Crippen LogP contribution in [0.2, 0.25) is 0 Å². The second-order valence-electron chi connectivity index (χ2n) is 4.17. The average molecular weight is 227 g/mol. The van der Waals surface area contributed by atoms with Crippen molar-refractivity contribution >= 4 is 0 Å². The minimum atomic E-state index is -0.447. The van der Waals surface area contributed by atoms with Crippen molar-refractivity contribution in [3.63, 3.8) is 0 Å². The molecule has 2 N–H and O–H groups in total. The van der Waals surface area contributed by atoms with Crippen LogP contribution in [0.3, 0.4) is 0 Å². The maximum Gasteiger partial charge on any atom is 0.109 e. The molecule has 1 aromatic rings.